The number of imidazole rings is 1. The topological polar surface area (TPSA) is 93.4 Å². The van der Waals surface area contributed by atoms with Gasteiger partial charge < -0.3 is 23.9 Å². The zero-order valence-electron chi connectivity index (χ0n) is 17.2. The van der Waals surface area contributed by atoms with Crippen LogP contribution in [0.5, 0.6) is 0 Å². The lowest BCUT2D eigenvalue weighted by Gasteiger charge is -2.32. The summed E-state index contributed by atoms with van der Waals surface area (Å²) in [6.07, 6.45) is 1.75. The highest BCUT2D eigenvalue weighted by Gasteiger charge is 2.27. The Morgan fingerprint density at radius 3 is 2.84 bits per heavy atom. The number of carboxylic acid groups (broad SMARTS) is 1. The van der Waals surface area contributed by atoms with Crippen LogP contribution in [0.4, 0.5) is 4.79 Å². The van der Waals surface area contributed by atoms with Crippen LogP contribution in [0.15, 0.2) is 36.5 Å². The average molecular weight is 444 g/mol. The molecule has 1 N–H and O–H groups in total. The number of pyridine rings is 1. The molecule has 162 valence electrons. The molecule has 1 aliphatic heterocycles. The Labute approximate surface area is 184 Å². The number of nitrogens with zero attached hydrogens (tertiary/aromatic N) is 3. The number of carbonyl (C=O) groups excluding carboxylic acids is 1. The van der Waals surface area contributed by atoms with Crippen LogP contribution in [0.3, 0.4) is 0 Å². The van der Waals surface area contributed by atoms with Gasteiger partial charge in [-0.25, -0.2) is 14.6 Å². The Morgan fingerprint density at radius 2 is 2.13 bits per heavy atom. The largest absolute Gasteiger partial charge is 0.478 e. The highest BCUT2D eigenvalue weighted by molar-refractivity contribution is 6.30. The second kappa shape index (κ2) is 8.56. The fourth-order valence-corrected chi connectivity index (χ4v) is 4.05. The number of halogens is 1. The number of methoxy groups -OCH3 is 1. The molecule has 1 saturated heterocycles. The van der Waals surface area contributed by atoms with Gasteiger partial charge in [0.15, 0.2) is 0 Å². The molecule has 1 fully saturated rings. The van der Waals surface area contributed by atoms with Crippen molar-refractivity contribution >= 4 is 29.3 Å². The van der Waals surface area contributed by atoms with Crippen molar-refractivity contribution in [2.75, 3.05) is 26.8 Å². The number of rotatable bonds is 4. The van der Waals surface area contributed by atoms with Crippen molar-refractivity contribution in [3.05, 3.63) is 58.4 Å². The number of hydrogen-bond donors (Lipinski definition) is 1. The van der Waals surface area contributed by atoms with E-state index in [0.717, 1.165) is 22.5 Å². The third kappa shape index (κ3) is 4.22. The predicted molar refractivity (Wildman–Crippen MR) is 115 cm³/mol. The SMILES string of the molecule is COC(=O)N1CCO[C@@H](Cc2c(-c3ccc(C(=O)O)cc3C)nc3cc(Cl)ccn23)C1. The van der Waals surface area contributed by atoms with Gasteiger partial charge in [-0.05, 0) is 30.7 Å². The van der Waals surface area contributed by atoms with E-state index < -0.39 is 5.97 Å². The van der Waals surface area contributed by atoms with Gasteiger partial charge in [0.05, 0.1) is 43.3 Å². The monoisotopic (exact) mass is 443 g/mol. The Bertz CT molecular complexity index is 1160. The van der Waals surface area contributed by atoms with E-state index in [-0.39, 0.29) is 17.8 Å². The molecule has 0 aliphatic carbocycles. The number of morpholine rings is 1. The predicted octanol–water partition coefficient (Wildman–Crippen LogP) is 3.67. The van der Waals surface area contributed by atoms with Gasteiger partial charge in [0.25, 0.3) is 0 Å². The molecule has 0 radical (unpaired) electrons. The normalized spacial score (nSPS) is 16.5. The number of hydrogen-bond acceptors (Lipinski definition) is 5. The number of carboxylic acids is 1. The van der Waals surface area contributed by atoms with Gasteiger partial charge in [-0.3, -0.25) is 0 Å². The second-order valence-electron chi connectivity index (χ2n) is 7.43. The summed E-state index contributed by atoms with van der Waals surface area (Å²) in [6.45, 7) is 3.17. The number of carbonyl (C=O) groups is 2. The molecule has 0 saturated carbocycles. The Morgan fingerprint density at radius 1 is 1.32 bits per heavy atom. The van der Waals surface area contributed by atoms with Crippen molar-refractivity contribution in [1.29, 1.82) is 0 Å². The third-order valence-electron chi connectivity index (χ3n) is 5.41. The van der Waals surface area contributed by atoms with Crippen LogP contribution in [-0.2, 0) is 15.9 Å². The molecule has 3 aromatic rings. The summed E-state index contributed by atoms with van der Waals surface area (Å²) in [5.41, 5.74) is 4.17. The number of amides is 1. The summed E-state index contributed by atoms with van der Waals surface area (Å²) >= 11 is 6.17. The lowest BCUT2D eigenvalue weighted by Crippen LogP contribution is -2.46. The smallest absolute Gasteiger partial charge is 0.409 e. The molecule has 0 spiro atoms. The number of benzene rings is 1. The number of ether oxygens (including phenoxy) is 2. The van der Waals surface area contributed by atoms with Gasteiger partial charge in [0.1, 0.15) is 5.65 Å². The zero-order valence-corrected chi connectivity index (χ0v) is 17.9. The Hall–Kier alpha value is -3.10. The van der Waals surface area contributed by atoms with E-state index in [0.29, 0.717) is 36.8 Å². The molecule has 1 aromatic carbocycles. The summed E-state index contributed by atoms with van der Waals surface area (Å²) in [5, 5.41) is 9.85. The molecule has 1 aliphatic rings. The summed E-state index contributed by atoms with van der Waals surface area (Å²) in [4.78, 5) is 29.7. The van der Waals surface area contributed by atoms with Crippen molar-refractivity contribution in [3.8, 4) is 11.3 Å². The summed E-state index contributed by atoms with van der Waals surface area (Å²) in [6, 6.07) is 8.54. The van der Waals surface area contributed by atoms with Gasteiger partial charge in [0.2, 0.25) is 0 Å². The lowest BCUT2D eigenvalue weighted by atomic mass is 9.99. The van der Waals surface area contributed by atoms with Crippen LogP contribution in [-0.4, -0.2) is 64.4 Å². The first kappa shape index (κ1) is 21.1. The standard InChI is InChI=1S/C22H22ClN3O5/c1-13-9-14(21(27)28)3-4-17(13)20-18(26-6-5-15(23)10-19(26)24-20)11-16-12-25(7-8-31-16)22(29)30-2/h3-6,9-10,16H,7-8,11-12H2,1-2H3,(H,27,28)/t16-/m0/s1. The van der Waals surface area contributed by atoms with Gasteiger partial charge in [-0.15, -0.1) is 0 Å². The second-order valence-corrected chi connectivity index (χ2v) is 7.86. The van der Waals surface area contributed by atoms with Crippen LogP contribution >= 0.6 is 11.6 Å². The molecular formula is C22H22ClN3O5. The maximum Gasteiger partial charge on any atom is 0.409 e. The molecule has 1 atom stereocenters. The molecule has 3 heterocycles. The lowest BCUT2D eigenvalue weighted by molar-refractivity contribution is -0.0241. The van der Waals surface area contributed by atoms with Crippen LogP contribution in [0.2, 0.25) is 5.02 Å². The molecule has 0 unspecified atom stereocenters. The molecule has 4 rings (SSSR count). The minimum absolute atomic E-state index is 0.221. The average Bonchev–Trinajstić information content (AvgIpc) is 3.10. The van der Waals surface area contributed by atoms with Gasteiger partial charge >= 0.3 is 12.1 Å². The summed E-state index contributed by atoms with van der Waals surface area (Å²) < 4.78 is 12.7. The highest BCUT2D eigenvalue weighted by Crippen LogP contribution is 2.30. The first-order chi connectivity index (χ1) is 14.9. The Kier molecular flexibility index (Phi) is 5.84. The quantitative estimate of drug-likeness (QED) is 0.661. The number of fused-ring (bicyclic) bond motifs is 1. The molecule has 31 heavy (non-hydrogen) atoms. The maximum absolute atomic E-state index is 12.0. The fraction of sp³-hybridized carbons (Fsp3) is 0.318. The van der Waals surface area contributed by atoms with Crippen molar-refractivity contribution in [2.24, 2.45) is 0 Å². The molecule has 2 aromatic heterocycles. The zero-order chi connectivity index (χ0) is 22.1. The van der Waals surface area contributed by atoms with E-state index in [1.54, 1.807) is 35.2 Å². The number of aryl methyl sites for hydroxylation is 1. The van der Waals surface area contributed by atoms with E-state index in [1.165, 1.54) is 7.11 Å². The minimum atomic E-state index is -0.977. The van der Waals surface area contributed by atoms with E-state index in [4.69, 9.17) is 26.1 Å². The highest BCUT2D eigenvalue weighted by atomic mass is 35.5. The molecule has 8 nitrogen and oxygen atoms in total. The Balaban J connectivity index is 1.76. The van der Waals surface area contributed by atoms with E-state index in [2.05, 4.69) is 0 Å². The van der Waals surface area contributed by atoms with Gasteiger partial charge in [-0.1, -0.05) is 17.7 Å². The van der Waals surface area contributed by atoms with Crippen molar-refractivity contribution < 1.29 is 24.2 Å². The number of aromatic nitrogens is 2. The first-order valence-corrected chi connectivity index (χ1v) is 10.2. The van der Waals surface area contributed by atoms with E-state index >= 15 is 0 Å². The molecule has 9 heteroatoms. The van der Waals surface area contributed by atoms with E-state index in [9.17, 15) is 14.7 Å². The third-order valence-corrected chi connectivity index (χ3v) is 5.64. The van der Waals surface area contributed by atoms with E-state index in [1.807, 2.05) is 17.5 Å². The molecular weight excluding hydrogens is 422 g/mol. The van der Waals surface area contributed by atoms with Crippen LogP contribution in [0, 0.1) is 6.92 Å². The number of aromatic carboxylic acids is 1. The van der Waals surface area contributed by atoms with Crippen LogP contribution in [0.1, 0.15) is 21.6 Å². The summed E-state index contributed by atoms with van der Waals surface area (Å²) in [5.74, 6) is -0.977. The van der Waals surface area contributed by atoms with Crippen LogP contribution in [0.25, 0.3) is 16.9 Å². The van der Waals surface area contributed by atoms with Crippen molar-refractivity contribution in [1.82, 2.24) is 14.3 Å². The summed E-state index contributed by atoms with van der Waals surface area (Å²) in [7, 11) is 1.36. The first-order valence-electron chi connectivity index (χ1n) is 9.82. The van der Waals surface area contributed by atoms with Crippen LogP contribution < -0.4 is 0 Å². The maximum atomic E-state index is 12.0. The van der Waals surface area contributed by atoms with Crippen molar-refractivity contribution in [2.45, 2.75) is 19.4 Å². The minimum Gasteiger partial charge on any atom is -0.478 e. The van der Waals surface area contributed by atoms with Crippen molar-refractivity contribution in [3.63, 3.8) is 0 Å². The molecule has 1 amide bonds. The fourth-order valence-electron chi connectivity index (χ4n) is 3.90. The van der Waals surface area contributed by atoms with Gasteiger partial charge in [0, 0.05) is 35.8 Å². The van der Waals surface area contributed by atoms with Gasteiger partial charge in [-0.2, -0.15) is 0 Å². The molecule has 0 bridgehead atoms.